The predicted octanol–water partition coefficient (Wildman–Crippen LogP) is -0.163. The lowest BCUT2D eigenvalue weighted by Gasteiger charge is -2.31. The minimum absolute atomic E-state index is 0.190. The summed E-state index contributed by atoms with van der Waals surface area (Å²) in [7, 11) is -2.98. The van der Waals surface area contributed by atoms with Crippen LogP contribution in [0.4, 0.5) is 0 Å². The van der Waals surface area contributed by atoms with Crippen molar-refractivity contribution in [2.75, 3.05) is 25.4 Å². The van der Waals surface area contributed by atoms with E-state index in [1.54, 1.807) is 6.26 Å². The third-order valence-corrected chi connectivity index (χ3v) is 4.99. The summed E-state index contributed by atoms with van der Waals surface area (Å²) in [6.07, 6.45) is 1.62. The summed E-state index contributed by atoms with van der Waals surface area (Å²) in [4.78, 5) is 2.07. The largest absolute Gasteiger partial charge is 0.468 e. The first-order valence-corrected chi connectivity index (χ1v) is 7.00. The summed E-state index contributed by atoms with van der Waals surface area (Å²) < 4.78 is 28.5. The molecule has 0 aromatic carbocycles. The van der Waals surface area contributed by atoms with Gasteiger partial charge in [-0.2, -0.15) is 0 Å². The molecular formula is C10H16N2O3S. The Labute approximate surface area is 95.1 Å². The van der Waals surface area contributed by atoms with Crippen molar-refractivity contribution in [2.45, 2.75) is 11.8 Å². The second-order valence-electron chi connectivity index (χ2n) is 4.04. The van der Waals surface area contributed by atoms with Gasteiger partial charge in [0, 0.05) is 19.6 Å². The number of hydrogen-bond donors (Lipinski definition) is 1. The van der Waals surface area contributed by atoms with Gasteiger partial charge in [0.2, 0.25) is 0 Å². The summed E-state index contributed by atoms with van der Waals surface area (Å²) in [5.74, 6) is 1.05. The maximum absolute atomic E-state index is 11.6. The summed E-state index contributed by atoms with van der Waals surface area (Å²) in [5, 5.41) is -0.434. The van der Waals surface area contributed by atoms with Gasteiger partial charge >= 0.3 is 0 Å². The Bertz CT molecular complexity index is 427. The van der Waals surface area contributed by atoms with Crippen molar-refractivity contribution in [2.24, 2.45) is 5.73 Å². The highest BCUT2D eigenvalue weighted by Gasteiger charge is 2.31. The van der Waals surface area contributed by atoms with Gasteiger partial charge < -0.3 is 10.2 Å². The van der Waals surface area contributed by atoms with Gasteiger partial charge in [0.05, 0.1) is 23.8 Å². The molecule has 1 aromatic rings. The van der Waals surface area contributed by atoms with E-state index >= 15 is 0 Å². The first kappa shape index (κ1) is 11.6. The van der Waals surface area contributed by atoms with Crippen LogP contribution in [0.2, 0.25) is 0 Å². The van der Waals surface area contributed by atoms with Crippen molar-refractivity contribution in [1.82, 2.24) is 4.90 Å². The van der Waals surface area contributed by atoms with Crippen molar-refractivity contribution < 1.29 is 12.8 Å². The normalized spacial score (nSPS) is 25.7. The summed E-state index contributed by atoms with van der Waals surface area (Å²) in [5.41, 5.74) is 5.49. The molecule has 1 atom stereocenters. The lowest BCUT2D eigenvalue weighted by Crippen LogP contribution is -2.49. The van der Waals surface area contributed by atoms with Crippen LogP contribution in [0.15, 0.2) is 22.8 Å². The number of rotatable bonds is 3. The highest BCUT2D eigenvalue weighted by Crippen LogP contribution is 2.14. The molecule has 0 saturated carbocycles. The van der Waals surface area contributed by atoms with E-state index in [-0.39, 0.29) is 12.3 Å². The minimum Gasteiger partial charge on any atom is -0.468 e. The number of nitrogens with two attached hydrogens (primary N) is 1. The van der Waals surface area contributed by atoms with E-state index in [9.17, 15) is 8.42 Å². The number of hydrogen-bond acceptors (Lipinski definition) is 5. The van der Waals surface area contributed by atoms with Crippen LogP contribution in [-0.2, 0) is 16.4 Å². The van der Waals surface area contributed by atoms with E-state index in [4.69, 9.17) is 10.2 Å². The first-order chi connectivity index (χ1) is 7.62. The highest BCUT2D eigenvalue weighted by molar-refractivity contribution is 7.92. The number of furan rings is 1. The molecular weight excluding hydrogens is 228 g/mol. The Morgan fingerprint density at radius 2 is 2.38 bits per heavy atom. The molecule has 1 aliphatic heterocycles. The molecule has 1 aromatic heterocycles. The fraction of sp³-hybridized carbons (Fsp3) is 0.600. The molecule has 5 nitrogen and oxygen atoms in total. The molecule has 2 N–H and O–H groups in total. The zero-order valence-electron chi connectivity index (χ0n) is 9.00. The number of nitrogens with zero attached hydrogens (tertiary/aromatic N) is 1. The standard InChI is InChI=1S/C10H16N2O3S/c11-6-10-8-12(3-5-16(10,13)14)7-9-2-1-4-15-9/h1-2,4,10H,3,5-8,11H2. The van der Waals surface area contributed by atoms with Gasteiger partial charge in [-0.05, 0) is 12.1 Å². The van der Waals surface area contributed by atoms with E-state index in [0.717, 1.165) is 5.76 Å². The maximum Gasteiger partial charge on any atom is 0.156 e. The van der Waals surface area contributed by atoms with Crippen molar-refractivity contribution in [3.05, 3.63) is 24.2 Å². The molecule has 90 valence electrons. The van der Waals surface area contributed by atoms with Gasteiger partial charge in [-0.1, -0.05) is 0 Å². The van der Waals surface area contributed by atoms with Crippen LogP contribution in [0.5, 0.6) is 0 Å². The number of sulfone groups is 1. The van der Waals surface area contributed by atoms with Crippen LogP contribution in [0.3, 0.4) is 0 Å². The molecule has 1 fully saturated rings. The van der Waals surface area contributed by atoms with Gasteiger partial charge in [-0.15, -0.1) is 0 Å². The van der Waals surface area contributed by atoms with E-state index in [2.05, 4.69) is 4.90 Å². The van der Waals surface area contributed by atoms with E-state index in [0.29, 0.717) is 19.6 Å². The topological polar surface area (TPSA) is 76.5 Å². The van der Waals surface area contributed by atoms with Crippen LogP contribution < -0.4 is 5.73 Å². The lowest BCUT2D eigenvalue weighted by atomic mass is 10.3. The smallest absolute Gasteiger partial charge is 0.156 e. The Kier molecular flexibility index (Phi) is 3.32. The van der Waals surface area contributed by atoms with Gasteiger partial charge in [0.25, 0.3) is 0 Å². The van der Waals surface area contributed by atoms with Gasteiger partial charge in [0.15, 0.2) is 9.84 Å². The van der Waals surface area contributed by atoms with Crippen LogP contribution in [0, 0.1) is 0 Å². The van der Waals surface area contributed by atoms with Crippen molar-refractivity contribution >= 4 is 9.84 Å². The Hall–Kier alpha value is -0.850. The molecule has 1 aliphatic rings. The monoisotopic (exact) mass is 244 g/mol. The summed E-state index contributed by atoms with van der Waals surface area (Å²) >= 11 is 0. The quantitative estimate of drug-likeness (QED) is 0.799. The van der Waals surface area contributed by atoms with Crippen molar-refractivity contribution in [3.8, 4) is 0 Å². The van der Waals surface area contributed by atoms with E-state index < -0.39 is 15.1 Å². The Morgan fingerprint density at radius 1 is 1.56 bits per heavy atom. The molecule has 1 unspecified atom stereocenters. The molecule has 2 heterocycles. The molecule has 0 radical (unpaired) electrons. The third-order valence-electron chi connectivity index (χ3n) is 2.88. The fourth-order valence-corrected chi connectivity index (χ4v) is 3.48. The van der Waals surface area contributed by atoms with Crippen LogP contribution in [-0.4, -0.2) is 44.0 Å². The van der Waals surface area contributed by atoms with Gasteiger partial charge in [-0.3, -0.25) is 4.90 Å². The van der Waals surface area contributed by atoms with Crippen LogP contribution in [0.25, 0.3) is 0 Å². The van der Waals surface area contributed by atoms with Crippen molar-refractivity contribution in [3.63, 3.8) is 0 Å². The van der Waals surface area contributed by atoms with E-state index in [1.165, 1.54) is 0 Å². The zero-order valence-corrected chi connectivity index (χ0v) is 9.82. The molecule has 0 aliphatic carbocycles. The molecule has 1 saturated heterocycles. The molecule has 0 spiro atoms. The third kappa shape index (κ3) is 2.45. The Balaban J connectivity index is 2.00. The molecule has 0 amide bonds. The first-order valence-electron chi connectivity index (χ1n) is 5.28. The van der Waals surface area contributed by atoms with Crippen LogP contribution in [0.1, 0.15) is 5.76 Å². The van der Waals surface area contributed by atoms with Crippen molar-refractivity contribution in [1.29, 1.82) is 0 Å². The highest BCUT2D eigenvalue weighted by atomic mass is 32.2. The maximum atomic E-state index is 11.6. The minimum atomic E-state index is -2.98. The van der Waals surface area contributed by atoms with E-state index in [1.807, 2.05) is 12.1 Å². The predicted molar refractivity (Wildman–Crippen MR) is 60.6 cm³/mol. The van der Waals surface area contributed by atoms with Gasteiger partial charge in [-0.25, -0.2) is 8.42 Å². The fourth-order valence-electron chi connectivity index (χ4n) is 1.90. The average molecular weight is 244 g/mol. The van der Waals surface area contributed by atoms with Gasteiger partial charge in [0.1, 0.15) is 5.76 Å². The molecule has 16 heavy (non-hydrogen) atoms. The molecule has 6 heteroatoms. The summed E-state index contributed by atoms with van der Waals surface area (Å²) in [6.45, 7) is 1.90. The average Bonchev–Trinajstić information content (AvgIpc) is 2.73. The SMILES string of the molecule is NCC1CN(Cc2ccco2)CCS1(=O)=O. The second-order valence-corrected chi connectivity index (χ2v) is 6.44. The summed E-state index contributed by atoms with van der Waals surface area (Å²) in [6, 6.07) is 3.72. The van der Waals surface area contributed by atoms with Crippen LogP contribution >= 0.6 is 0 Å². The molecule has 2 rings (SSSR count). The second kappa shape index (κ2) is 4.57. The lowest BCUT2D eigenvalue weighted by molar-refractivity contribution is 0.245. The Morgan fingerprint density at radius 3 is 3.00 bits per heavy atom. The molecule has 0 bridgehead atoms. The zero-order chi connectivity index (χ0) is 11.6.